The van der Waals surface area contributed by atoms with Gasteiger partial charge in [-0.1, -0.05) is 61.9 Å². The number of imidazole rings is 1. The monoisotopic (exact) mass is 584 g/mol. The van der Waals surface area contributed by atoms with Gasteiger partial charge in [0.1, 0.15) is 0 Å². The van der Waals surface area contributed by atoms with Crippen molar-refractivity contribution < 1.29 is 24.2 Å². The Kier molecular flexibility index (Phi) is 10.2. The quantitative estimate of drug-likeness (QED) is 0.185. The molecule has 43 heavy (non-hydrogen) atoms. The minimum Gasteiger partial charge on any atom is -0.392 e. The lowest BCUT2D eigenvalue weighted by Crippen LogP contribution is -2.39. The molecule has 1 aliphatic rings. The van der Waals surface area contributed by atoms with Crippen molar-refractivity contribution in [3.05, 3.63) is 95.8 Å². The summed E-state index contributed by atoms with van der Waals surface area (Å²) in [6.07, 6.45) is 3.64. The van der Waals surface area contributed by atoms with E-state index in [1.165, 1.54) is 6.92 Å². The van der Waals surface area contributed by atoms with Crippen LogP contribution in [0.15, 0.2) is 79.1 Å². The molecule has 5 rings (SSSR count). The number of fused-ring (bicyclic) bond motifs is 1. The second-order valence-electron chi connectivity index (χ2n) is 11.2. The van der Waals surface area contributed by atoms with Gasteiger partial charge in [0.2, 0.25) is 11.8 Å². The van der Waals surface area contributed by atoms with Crippen molar-refractivity contribution in [3.8, 4) is 0 Å². The number of aliphatic hydroxyl groups is 1. The largest absolute Gasteiger partial charge is 0.392 e. The number of nitrogens with zero attached hydrogens (tertiary/aromatic N) is 2. The molecule has 2 amide bonds. The van der Waals surface area contributed by atoms with E-state index in [1.807, 2.05) is 73.1 Å². The highest BCUT2D eigenvalue weighted by Gasteiger charge is 2.38. The first-order chi connectivity index (χ1) is 20.9. The highest BCUT2D eigenvalue weighted by Crippen LogP contribution is 2.42. The number of rotatable bonds is 12. The number of para-hydroxylation sites is 2. The number of carbonyl (C=O) groups excluding carboxylic acids is 2. The summed E-state index contributed by atoms with van der Waals surface area (Å²) in [6.45, 7) is 4.86. The van der Waals surface area contributed by atoms with Crippen molar-refractivity contribution in [3.63, 3.8) is 0 Å². The van der Waals surface area contributed by atoms with Crippen LogP contribution in [-0.4, -0.2) is 39.1 Å². The Morgan fingerprint density at radius 1 is 0.953 bits per heavy atom. The third-order valence-corrected chi connectivity index (χ3v) is 7.92. The van der Waals surface area contributed by atoms with Crippen LogP contribution in [0.1, 0.15) is 68.6 Å². The first kappa shape index (κ1) is 30.4. The number of unbranched alkanes of at least 4 members (excludes halogenated alkanes) is 2. The first-order valence-electron chi connectivity index (χ1n) is 15.0. The number of aliphatic hydroxyl groups excluding tert-OH is 1. The van der Waals surface area contributed by atoms with Crippen LogP contribution in [0, 0.1) is 5.92 Å². The number of amides is 2. The fraction of sp³-hybridized carbons (Fsp3) is 0.382. The number of aromatic nitrogens is 2. The van der Waals surface area contributed by atoms with Gasteiger partial charge in [-0.15, -0.1) is 0 Å². The summed E-state index contributed by atoms with van der Waals surface area (Å²) in [4.78, 5) is 28.2. The predicted molar refractivity (Wildman–Crippen MR) is 165 cm³/mol. The van der Waals surface area contributed by atoms with E-state index in [1.54, 1.807) is 0 Å². The Morgan fingerprint density at radius 3 is 2.56 bits per heavy atom. The number of nitrogens with one attached hydrogen (secondary N) is 2. The lowest BCUT2D eigenvalue weighted by atomic mass is 9.90. The average Bonchev–Trinajstić information content (AvgIpc) is 3.42. The van der Waals surface area contributed by atoms with Crippen LogP contribution in [-0.2, 0) is 32.2 Å². The Bertz CT molecular complexity index is 1520. The van der Waals surface area contributed by atoms with Gasteiger partial charge in [0.15, 0.2) is 6.29 Å². The Labute approximate surface area is 252 Å². The lowest BCUT2D eigenvalue weighted by molar-refractivity contribution is -0.276. The second-order valence-corrected chi connectivity index (χ2v) is 11.2. The number of benzene rings is 3. The molecule has 1 fully saturated rings. The summed E-state index contributed by atoms with van der Waals surface area (Å²) in [7, 11) is 0. The molecule has 1 aliphatic heterocycles. The van der Waals surface area contributed by atoms with E-state index in [0.717, 1.165) is 47.0 Å². The Hall–Kier alpha value is -4.05. The topological polar surface area (TPSA) is 115 Å². The molecule has 1 saturated heterocycles. The maximum absolute atomic E-state index is 12.6. The van der Waals surface area contributed by atoms with Gasteiger partial charge in [0.25, 0.3) is 0 Å². The zero-order valence-electron chi connectivity index (χ0n) is 24.7. The summed E-state index contributed by atoms with van der Waals surface area (Å²) >= 11 is 0. The molecule has 9 nitrogen and oxygen atoms in total. The van der Waals surface area contributed by atoms with Crippen LogP contribution in [0.3, 0.4) is 0 Å². The van der Waals surface area contributed by atoms with Gasteiger partial charge in [-0.25, -0.2) is 4.98 Å². The summed E-state index contributed by atoms with van der Waals surface area (Å²) in [5.74, 6) is -0.0705. The highest BCUT2D eigenvalue weighted by atomic mass is 16.7. The van der Waals surface area contributed by atoms with Gasteiger partial charge >= 0.3 is 0 Å². The molecule has 3 N–H and O–H groups in total. The molecule has 1 aromatic heterocycles. The molecule has 0 spiro atoms. The van der Waals surface area contributed by atoms with E-state index in [0.29, 0.717) is 25.2 Å². The number of hydrogen-bond acceptors (Lipinski definition) is 6. The molecule has 226 valence electrons. The van der Waals surface area contributed by atoms with E-state index in [2.05, 4.69) is 33.2 Å². The van der Waals surface area contributed by atoms with Crippen LogP contribution in [0.4, 0.5) is 5.69 Å². The molecule has 4 atom stereocenters. The van der Waals surface area contributed by atoms with Crippen LogP contribution in [0.25, 0.3) is 11.0 Å². The molecule has 0 radical (unpaired) electrons. The summed E-state index contributed by atoms with van der Waals surface area (Å²) in [5.41, 5.74) is 5.35. The molecule has 0 saturated carbocycles. The van der Waals surface area contributed by atoms with Crippen LogP contribution in [0.2, 0.25) is 0 Å². The Morgan fingerprint density at radius 2 is 1.77 bits per heavy atom. The Balaban J connectivity index is 1.31. The normalized spacial score (nSPS) is 20.2. The third kappa shape index (κ3) is 7.87. The smallest absolute Gasteiger partial charge is 0.224 e. The lowest BCUT2D eigenvalue weighted by Gasteiger charge is -2.41. The summed E-state index contributed by atoms with van der Waals surface area (Å²) < 4.78 is 15.4. The molecule has 0 unspecified atom stereocenters. The zero-order chi connectivity index (χ0) is 30.2. The van der Waals surface area contributed by atoms with Crippen molar-refractivity contribution in [2.75, 3.05) is 11.9 Å². The van der Waals surface area contributed by atoms with Gasteiger partial charge in [-0.3, -0.25) is 9.59 Å². The number of hydrogen-bond donors (Lipinski definition) is 3. The highest BCUT2D eigenvalue weighted by molar-refractivity contribution is 5.90. The molecule has 0 aliphatic carbocycles. The van der Waals surface area contributed by atoms with Gasteiger partial charge in [0.05, 0.1) is 42.7 Å². The molecule has 3 aromatic carbocycles. The molecule has 0 bridgehead atoms. The van der Waals surface area contributed by atoms with E-state index in [4.69, 9.17) is 9.47 Å². The fourth-order valence-corrected chi connectivity index (χ4v) is 5.52. The maximum atomic E-state index is 12.6. The number of carbonyl (C=O) groups is 2. The van der Waals surface area contributed by atoms with E-state index in [9.17, 15) is 14.7 Å². The van der Waals surface area contributed by atoms with Gasteiger partial charge in [-0.05, 0) is 48.2 Å². The van der Waals surface area contributed by atoms with Crippen LogP contribution < -0.4 is 10.6 Å². The SMILES string of the molecule is CC(=O)NCCCCCC(=O)Nc1cccc([C@@H]2O[C@H](Cn3cnc4ccccc43)[C@H](C)[C@H](c3ccc(CO)cc3)O2)c1. The minimum atomic E-state index is -0.649. The van der Waals surface area contributed by atoms with Crippen molar-refractivity contribution in [1.29, 1.82) is 0 Å². The van der Waals surface area contributed by atoms with E-state index >= 15 is 0 Å². The standard InChI is InChI=1S/C34H40N4O5/c1-23-31(20-38-22-36-29-11-5-6-12-30(29)38)42-34(43-33(23)26-16-14-25(21-39)15-17-26)27-9-8-10-28(19-27)37-32(41)13-4-3-7-18-35-24(2)40/h5-6,8-12,14-17,19,22-23,31,33-34,39H,3-4,7,13,18,20-21H2,1-2H3,(H,35,40)(H,37,41)/t23-,31+,33+,34+/m0/s1. The predicted octanol–water partition coefficient (Wildman–Crippen LogP) is 5.66. The van der Waals surface area contributed by atoms with E-state index in [-0.39, 0.29) is 36.5 Å². The molecule has 4 aromatic rings. The van der Waals surface area contributed by atoms with Gasteiger partial charge in [0, 0.05) is 37.1 Å². The van der Waals surface area contributed by atoms with Crippen molar-refractivity contribution in [2.45, 2.75) is 71.2 Å². The third-order valence-electron chi connectivity index (χ3n) is 7.92. The van der Waals surface area contributed by atoms with E-state index < -0.39 is 6.29 Å². The molecule has 9 heteroatoms. The molecule has 2 heterocycles. The second kappa shape index (κ2) is 14.4. The average molecular weight is 585 g/mol. The number of anilines is 1. The van der Waals surface area contributed by atoms with Crippen LogP contribution >= 0.6 is 0 Å². The minimum absolute atomic E-state index is 0.0149. The van der Waals surface area contributed by atoms with Crippen molar-refractivity contribution in [1.82, 2.24) is 14.9 Å². The molecular weight excluding hydrogens is 544 g/mol. The van der Waals surface area contributed by atoms with Crippen LogP contribution in [0.5, 0.6) is 0 Å². The van der Waals surface area contributed by atoms with Gasteiger partial charge < -0.3 is 29.8 Å². The maximum Gasteiger partial charge on any atom is 0.224 e. The van der Waals surface area contributed by atoms with Crippen molar-refractivity contribution in [2.24, 2.45) is 5.92 Å². The fourth-order valence-electron chi connectivity index (χ4n) is 5.52. The summed E-state index contributed by atoms with van der Waals surface area (Å²) in [5, 5.41) is 15.3. The molecular formula is C34H40N4O5. The van der Waals surface area contributed by atoms with Crippen molar-refractivity contribution >= 4 is 28.5 Å². The zero-order valence-corrected chi connectivity index (χ0v) is 24.7. The van der Waals surface area contributed by atoms with Gasteiger partial charge in [-0.2, -0.15) is 0 Å². The summed E-state index contributed by atoms with van der Waals surface area (Å²) in [6, 6.07) is 23.5. The first-order valence-corrected chi connectivity index (χ1v) is 15.0. The number of ether oxygens (including phenoxy) is 2.